The first-order valence-electron chi connectivity index (χ1n) is 11.3. The summed E-state index contributed by atoms with van der Waals surface area (Å²) in [6.45, 7) is 3.33. The van der Waals surface area contributed by atoms with Gasteiger partial charge in [-0.1, -0.05) is 24.3 Å². The van der Waals surface area contributed by atoms with E-state index in [0.717, 1.165) is 10.0 Å². The fraction of sp³-hybridized carbons (Fsp3) is 0.120. The molecule has 0 radical (unpaired) electrons. The summed E-state index contributed by atoms with van der Waals surface area (Å²) in [5.74, 6) is -1.42. The quantitative estimate of drug-likeness (QED) is 0.290. The summed E-state index contributed by atoms with van der Waals surface area (Å²) in [6.07, 6.45) is 8.04. The predicted octanol–water partition coefficient (Wildman–Crippen LogP) is 2.98. The number of anilines is 2. The van der Waals surface area contributed by atoms with Crippen LogP contribution in [0.5, 0.6) is 0 Å². The molecule has 12 nitrogen and oxygen atoms in total. The minimum absolute atomic E-state index is 0.298. The van der Waals surface area contributed by atoms with Gasteiger partial charge < -0.3 is 0 Å². The average molecular weight is 571 g/mol. The molecule has 2 aromatic rings. The van der Waals surface area contributed by atoms with Gasteiger partial charge in [-0.15, -0.1) is 0 Å². The van der Waals surface area contributed by atoms with Crippen LogP contribution in [0.4, 0.5) is 11.4 Å². The Morgan fingerprint density at radius 1 is 0.744 bits per heavy atom. The molecular formula is C25H22N4O8S2. The molecule has 2 aliphatic rings. The molecule has 0 aliphatic carbocycles. The van der Waals surface area contributed by atoms with E-state index < -0.39 is 32.1 Å². The number of carbonyl (C=O) groups is 2. The average Bonchev–Trinajstić information content (AvgIpc) is 3.32. The van der Waals surface area contributed by atoms with E-state index in [0.29, 0.717) is 28.4 Å². The number of allylic oxidation sites excluding steroid dienone is 4. The first-order valence-corrected chi connectivity index (χ1v) is 14.1. The molecule has 1 atom stereocenters. The second kappa shape index (κ2) is 10.5. The van der Waals surface area contributed by atoms with E-state index in [2.05, 4.69) is 10.2 Å². The Hall–Kier alpha value is -4.24. The summed E-state index contributed by atoms with van der Waals surface area (Å²) in [6, 6.07) is 10.1. The second-order valence-electron chi connectivity index (χ2n) is 8.46. The van der Waals surface area contributed by atoms with Gasteiger partial charge in [0.25, 0.3) is 32.1 Å². The van der Waals surface area contributed by atoms with E-state index in [1.165, 1.54) is 48.5 Å². The van der Waals surface area contributed by atoms with Gasteiger partial charge in [-0.25, -0.2) is 0 Å². The number of amides is 2. The van der Waals surface area contributed by atoms with Crippen molar-refractivity contribution in [1.82, 2.24) is 0 Å². The SMILES string of the molecule is CC1=NN(c2ccc(S(=O)(=O)O)cc2)C(=O)/C1=C/C=C/C=C\[C@@H]1C(=O)N(c2ccc(S(=O)(=O)O)cc2)N=C1C. The van der Waals surface area contributed by atoms with Gasteiger partial charge in [0.1, 0.15) is 0 Å². The van der Waals surface area contributed by atoms with Gasteiger partial charge in [0.15, 0.2) is 0 Å². The van der Waals surface area contributed by atoms with Gasteiger partial charge in [0, 0.05) is 0 Å². The van der Waals surface area contributed by atoms with Crippen molar-refractivity contribution >= 4 is 54.8 Å². The van der Waals surface area contributed by atoms with Crippen LogP contribution in [0.2, 0.25) is 0 Å². The number of carbonyl (C=O) groups excluding carboxylic acids is 2. The van der Waals surface area contributed by atoms with E-state index in [4.69, 9.17) is 9.11 Å². The third-order valence-electron chi connectivity index (χ3n) is 5.79. The van der Waals surface area contributed by atoms with E-state index in [-0.39, 0.29) is 15.7 Å². The number of nitrogens with zero attached hydrogens (tertiary/aromatic N) is 4. The highest BCUT2D eigenvalue weighted by atomic mass is 32.2. The minimum atomic E-state index is -4.36. The summed E-state index contributed by atoms with van der Waals surface area (Å²) >= 11 is 0. The van der Waals surface area contributed by atoms with Crippen molar-refractivity contribution < 1.29 is 35.5 Å². The molecule has 0 bridgehead atoms. The third kappa shape index (κ3) is 5.93. The highest BCUT2D eigenvalue weighted by Gasteiger charge is 2.32. The standard InChI is InChI=1S/C25H22N4O8S2/c1-16-22(24(30)28(26-16)18-8-12-20(13-9-18)38(32,33)34)6-4-3-5-7-23-17(2)27-29(25(23)31)19-10-14-21(15-11-19)39(35,36)37/h3-15,22H,1-2H3,(H,32,33,34)(H,35,36,37)/b5-3+,6-4-,23-7+/t22-/m0/s1. The Morgan fingerprint density at radius 3 is 1.77 bits per heavy atom. The molecule has 202 valence electrons. The molecule has 0 fully saturated rings. The molecule has 0 aromatic heterocycles. The molecule has 0 spiro atoms. The second-order valence-corrected chi connectivity index (χ2v) is 11.3. The summed E-state index contributed by atoms with van der Waals surface area (Å²) in [7, 11) is -8.71. The summed E-state index contributed by atoms with van der Waals surface area (Å²) in [5, 5.41) is 10.7. The molecule has 2 aromatic carbocycles. The third-order valence-corrected chi connectivity index (χ3v) is 7.53. The number of benzene rings is 2. The van der Waals surface area contributed by atoms with Crippen molar-refractivity contribution in [2.45, 2.75) is 23.6 Å². The van der Waals surface area contributed by atoms with Crippen LogP contribution in [-0.4, -0.2) is 49.2 Å². The summed E-state index contributed by atoms with van der Waals surface area (Å²) in [5.41, 5.74) is 1.94. The van der Waals surface area contributed by atoms with E-state index in [1.54, 1.807) is 44.2 Å². The highest BCUT2D eigenvalue weighted by Crippen LogP contribution is 2.27. The van der Waals surface area contributed by atoms with E-state index >= 15 is 0 Å². The molecular weight excluding hydrogens is 548 g/mol. The highest BCUT2D eigenvalue weighted by molar-refractivity contribution is 7.86. The maximum atomic E-state index is 12.8. The molecule has 2 heterocycles. The molecule has 4 rings (SSSR count). The van der Waals surface area contributed by atoms with Crippen molar-refractivity contribution in [3.05, 3.63) is 84.5 Å². The summed E-state index contributed by atoms with van der Waals surface area (Å²) in [4.78, 5) is 25.1. The lowest BCUT2D eigenvalue weighted by Crippen LogP contribution is -2.25. The molecule has 39 heavy (non-hydrogen) atoms. The van der Waals surface area contributed by atoms with Crippen molar-refractivity contribution in [2.75, 3.05) is 10.0 Å². The summed E-state index contributed by atoms with van der Waals surface area (Å²) < 4.78 is 63.1. The fourth-order valence-corrected chi connectivity index (χ4v) is 4.74. The Bertz CT molecular complexity index is 1700. The number of hydrogen-bond donors (Lipinski definition) is 2. The van der Waals surface area contributed by atoms with Crippen LogP contribution < -0.4 is 10.0 Å². The zero-order valence-corrected chi connectivity index (χ0v) is 22.2. The van der Waals surface area contributed by atoms with Crippen molar-refractivity contribution in [2.24, 2.45) is 16.1 Å². The zero-order chi connectivity index (χ0) is 28.5. The fourth-order valence-electron chi connectivity index (χ4n) is 3.78. The molecule has 0 saturated heterocycles. The normalized spacial score (nSPS) is 19.6. The van der Waals surface area contributed by atoms with E-state index in [1.807, 2.05) is 0 Å². The van der Waals surface area contributed by atoms with Gasteiger partial charge in [-0.3, -0.25) is 18.7 Å². The van der Waals surface area contributed by atoms with Gasteiger partial charge in [0.05, 0.1) is 44.1 Å². The van der Waals surface area contributed by atoms with Gasteiger partial charge >= 0.3 is 0 Å². The lowest BCUT2D eigenvalue weighted by Gasteiger charge is -2.13. The topological polar surface area (TPSA) is 174 Å². The Balaban J connectivity index is 1.41. The monoisotopic (exact) mass is 570 g/mol. The van der Waals surface area contributed by atoms with Crippen LogP contribution in [0.3, 0.4) is 0 Å². The lowest BCUT2D eigenvalue weighted by molar-refractivity contribution is -0.118. The minimum Gasteiger partial charge on any atom is -0.282 e. The molecule has 2 amide bonds. The Morgan fingerprint density at radius 2 is 1.26 bits per heavy atom. The van der Waals surface area contributed by atoms with Crippen LogP contribution in [0.25, 0.3) is 0 Å². The molecule has 14 heteroatoms. The van der Waals surface area contributed by atoms with Crippen molar-refractivity contribution in [3.8, 4) is 0 Å². The lowest BCUT2D eigenvalue weighted by atomic mass is 10.0. The molecule has 2 aliphatic heterocycles. The van der Waals surface area contributed by atoms with Crippen LogP contribution in [0.1, 0.15) is 13.8 Å². The van der Waals surface area contributed by atoms with Crippen LogP contribution >= 0.6 is 0 Å². The van der Waals surface area contributed by atoms with Gasteiger partial charge in [0.2, 0.25) is 0 Å². The van der Waals surface area contributed by atoms with Crippen LogP contribution in [0, 0.1) is 5.92 Å². The maximum Gasteiger partial charge on any atom is 0.294 e. The smallest absolute Gasteiger partial charge is 0.282 e. The van der Waals surface area contributed by atoms with Crippen LogP contribution in [-0.2, 0) is 29.8 Å². The van der Waals surface area contributed by atoms with E-state index in [9.17, 15) is 26.4 Å². The first-order chi connectivity index (χ1) is 18.3. The van der Waals surface area contributed by atoms with Crippen molar-refractivity contribution in [1.29, 1.82) is 0 Å². The molecule has 0 unspecified atom stereocenters. The van der Waals surface area contributed by atoms with Gasteiger partial charge in [-0.05, 0) is 68.5 Å². The molecule has 2 N–H and O–H groups in total. The largest absolute Gasteiger partial charge is 0.294 e. The maximum absolute atomic E-state index is 12.8. The van der Waals surface area contributed by atoms with Crippen LogP contribution in [0.15, 0.2) is 104 Å². The predicted molar refractivity (Wildman–Crippen MR) is 144 cm³/mol. The molecule has 0 saturated carbocycles. The van der Waals surface area contributed by atoms with Gasteiger partial charge in [-0.2, -0.15) is 37.1 Å². The first kappa shape index (κ1) is 27.8. The Labute approximate surface area is 224 Å². The number of hydrazone groups is 2. The zero-order valence-electron chi connectivity index (χ0n) is 20.5. The number of hydrogen-bond acceptors (Lipinski definition) is 8. The Kier molecular flexibility index (Phi) is 7.48. The van der Waals surface area contributed by atoms with Crippen molar-refractivity contribution in [3.63, 3.8) is 0 Å². The number of rotatable bonds is 7.